The van der Waals surface area contributed by atoms with Crippen molar-refractivity contribution in [2.75, 3.05) is 26.3 Å². The summed E-state index contributed by atoms with van der Waals surface area (Å²) in [6.07, 6.45) is 0.936. The van der Waals surface area contributed by atoms with E-state index in [1.807, 2.05) is 0 Å². The summed E-state index contributed by atoms with van der Waals surface area (Å²) in [6, 6.07) is 9.66. The summed E-state index contributed by atoms with van der Waals surface area (Å²) in [5.41, 5.74) is 0.914. The van der Waals surface area contributed by atoms with Gasteiger partial charge in [0.1, 0.15) is 18.2 Å². The van der Waals surface area contributed by atoms with E-state index in [-0.39, 0.29) is 28.9 Å². The normalized spacial score (nSPS) is 17.6. The van der Waals surface area contributed by atoms with Gasteiger partial charge in [-0.1, -0.05) is 12.1 Å². The van der Waals surface area contributed by atoms with Crippen LogP contribution in [0.5, 0.6) is 5.75 Å². The van der Waals surface area contributed by atoms with E-state index in [1.54, 1.807) is 6.07 Å². The van der Waals surface area contributed by atoms with Gasteiger partial charge in [-0.3, -0.25) is 0 Å². The Kier molecular flexibility index (Phi) is 5.36. The number of hydrogen-bond donors (Lipinski definition) is 2. The van der Waals surface area contributed by atoms with Crippen molar-refractivity contribution in [3.63, 3.8) is 0 Å². The molecule has 2 aromatic rings. The molecule has 1 aliphatic rings. The van der Waals surface area contributed by atoms with E-state index in [1.165, 1.54) is 30.3 Å². The van der Waals surface area contributed by atoms with Crippen molar-refractivity contribution in [3.8, 4) is 5.75 Å². The number of aliphatic hydroxyl groups excluding tert-OH is 1. The van der Waals surface area contributed by atoms with Gasteiger partial charge in [0.05, 0.1) is 16.4 Å². The van der Waals surface area contributed by atoms with E-state index >= 15 is 0 Å². The Morgan fingerprint density at radius 3 is 2.68 bits per heavy atom. The van der Waals surface area contributed by atoms with Crippen molar-refractivity contribution < 1.29 is 22.7 Å². The van der Waals surface area contributed by atoms with Crippen LogP contribution in [-0.2, 0) is 9.84 Å². The van der Waals surface area contributed by atoms with Crippen molar-refractivity contribution in [2.45, 2.75) is 22.1 Å². The first-order valence-corrected chi connectivity index (χ1v) is 9.59. The van der Waals surface area contributed by atoms with Crippen LogP contribution in [0.3, 0.4) is 0 Å². The molecule has 2 N–H and O–H groups in total. The van der Waals surface area contributed by atoms with Crippen LogP contribution >= 0.6 is 0 Å². The molecule has 0 saturated carbocycles. The van der Waals surface area contributed by atoms with Crippen molar-refractivity contribution in [3.05, 3.63) is 53.8 Å². The lowest BCUT2D eigenvalue weighted by Gasteiger charge is -2.17. The molecule has 1 saturated heterocycles. The number of aliphatic hydroxyl groups is 1. The Bertz CT molecular complexity index is 848. The first-order valence-electron chi connectivity index (χ1n) is 8.11. The second kappa shape index (κ2) is 7.51. The fourth-order valence-electron chi connectivity index (χ4n) is 2.99. The molecule has 0 spiro atoms. The predicted octanol–water partition coefficient (Wildman–Crippen LogP) is 2.11. The SMILES string of the molecule is O=S(=O)(c1cccc(F)c1)c1ccc(C2CCNC2)c(OCCO)c1. The lowest BCUT2D eigenvalue weighted by molar-refractivity contribution is 0.199. The Morgan fingerprint density at radius 2 is 2.00 bits per heavy atom. The highest BCUT2D eigenvalue weighted by atomic mass is 32.2. The Balaban J connectivity index is 2.01. The molecule has 25 heavy (non-hydrogen) atoms. The van der Waals surface area contributed by atoms with Gasteiger partial charge in [-0.25, -0.2) is 12.8 Å². The van der Waals surface area contributed by atoms with Crippen molar-refractivity contribution in [2.24, 2.45) is 0 Å². The number of rotatable bonds is 6. The van der Waals surface area contributed by atoms with Gasteiger partial charge in [0, 0.05) is 12.5 Å². The van der Waals surface area contributed by atoms with Crippen LogP contribution in [0, 0.1) is 5.82 Å². The molecule has 134 valence electrons. The van der Waals surface area contributed by atoms with Gasteiger partial charge in [0.25, 0.3) is 0 Å². The molecule has 2 aromatic carbocycles. The molecule has 5 nitrogen and oxygen atoms in total. The predicted molar refractivity (Wildman–Crippen MR) is 91.1 cm³/mol. The standard InChI is InChI=1S/C18H20FNO4S/c19-14-2-1-3-15(10-14)25(22,23)16-4-5-17(13-6-7-20-12-13)18(11-16)24-9-8-21/h1-5,10-11,13,20-21H,6-9,12H2. The zero-order valence-electron chi connectivity index (χ0n) is 13.6. The maximum Gasteiger partial charge on any atom is 0.206 e. The zero-order chi connectivity index (χ0) is 17.9. The lowest BCUT2D eigenvalue weighted by Crippen LogP contribution is -2.11. The number of sulfone groups is 1. The van der Waals surface area contributed by atoms with E-state index in [9.17, 15) is 12.8 Å². The molecule has 1 unspecified atom stereocenters. The quantitative estimate of drug-likeness (QED) is 0.820. The van der Waals surface area contributed by atoms with Crippen LogP contribution in [0.15, 0.2) is 52.3 Å². The molecule has 1 fully saturated rings. The average molecular weight is 365 g/mol. The van der Waals surface area contributed by atoms with Crippen LogP contribution in [0.1, 0.15) is 17.9 Å². The molecule has 0 radical (unpaired) electrons. The van der Waals surface area contributed by atoms with Crippen LogP contribution < -0.4 is 10.1 Å². The van der Waals surface area contributed by atoms with Crippen LogP contribution in [0.25, 0.3) is 0 Å². The number of hydrogen-bond acceptors (Lipinski definition) is 5. The summed E-state index contributed by atoms with van der Waals surface area (Å²) >= 11 is 0. The van der Waals surface area contributed by atoms with E-state index in [0.29, 0.717) is 5.75 Å². The lowest BCUT2D eigenvalue weighted by atomic mass is 9.97. The molecule has 7 heteroatoms. The minimum Gasteiger partial charge on any atom is -0.491 e. The van der Waals surface area contributed by atoms with Gasteiger partial charge in [-0.2, -0.15) is 0 Å². The Morgan fingerprint density at radius 1 is 1.20 bits per heavy atom. The first-order chi connectivity index (χ1) is 12.0. The largest absolute Gasteiger partial charge is 0.491 e. The highest BCUT2D eigenvalue weighted by Crippen LogP contribution is 2.34. The Hall–Kier alpha value is -1.96. The summed E-state index contributed by atoms with van der Waals surface area (Å²) in [7, 11) is -3.85. The molecular weight excluding hydrogens is 345 g/mol. The van der Waals surface area contributed by atoms with Crippen molar-refractivity contribution in [1.29, 1.82) is 0 Å². The summed E-state index contributed by atoms with van der Waals surface area (Å²) in [4.78, 5) is -0.0587. The molecule has 3 rings (SSSR count). The van der Waals surface area contributed by atoms with E-state index in [4.69, 9.17) is 9.84 Å². The number of nitrogens with one attached hydrogen (secondary N) is 1. The average Bonchev–Trinajstić information content (AvgIpc) is 3.14. The molecular formula is C18H20FNO4S. The van der Waals surface area contributed by atoms with E-state index < -0.39 is 15.7 Å². The maximum atomic E-state index is 13.4. The van der Waals surface area contributed by atoms with Gasteiger partial charge in [0.2, 0.25) is 9.84 Å². The van der Waals surface area contributed by atoms with Gasteiger partial charge in [-0.05, 0) is 48.9 Å². The van der Waals surface area contributed by atoms with Crippen LogP contribution in [-0.4, -0.2) is 39.8 Å². The fourth-order valence-corrected chi connectivity index (χ4v) is 4.30. The number of halogens is 1. The third kappa shape index (κ3) is 3.84. The Labute approximate surface area is 146 Å². The van der Waals surface area contributed by atoms with Crippen LogP contribution in [0.2, 0.25) is 0 Å². The third-order valence-electron chi connectivity index (χ3n) is 4.25. The fraction of sp³-hybridized carbons (Fsp3) is 0.333. The molecule has 0 bridgehead atoms. The summed E-state index contributed by atoms with van der Waals surface area (Å²) < 4.78 is 44.5. The van der Waals surface area contributed by atoms with Gasteiger partial charge in [0.15, 0.2) is 0 Å². The van der Waals surface area contributed by atoms with E-state index in [2.05, 4.69) is 5.32 Å². The smallest absolute Gasteiger partial charge is 0.206 e. The summed E-state index contributed by atoms with van der Waals surface area (Å²) in [5.74, 6) is 0.0753. The topological polar surface area (TPSA) is 75.6 Å². The molecule has 0 aliphatic carbocycles. The monoisotopic (exact) mass is 365 g/mol. The molecule has 1 heterocycles. The minimum atomic E-state index is -3.85. The van der Waals surface area contributed by atoms with E-state index in [0.717, 1.165) is 31.1 Å². The third-order valence-corrected chi connectivity index (χ3v) is 6.00. The highest BCUT2D eigenvalue weighted by Gasteiger charge is 2.24. The van der Waals surface area contributed by atoms with Gasteiger partial charge in [-0.15, -0.1) is 0 Å². The summed E-state index contributed by atoms with van der Waals surface area (Å²) in [5, 5.41) is 12.3. The second-order valence-corrected chi connectivity index (χ2v) is 7.87. The molecule has 1 atom stereocenters. The minimum absolute atomic E-state index is 0.0424. The summed E-state index contributed by atoms with van der Waals surface area (Å²) in [6.45, 7) is 1.61. The first kappa shape index (κ1) is 17.8. The zero-order valence-corrected chi connectivity index (χ0v) is 14.4. The second-order valence-electron chi connectivity index (χ2n) is 5.92. The number of ether oxygens (including phenoxy) is 1. The van der Waals surface area contributed by atoms with Crippen molar-refractivity contribution in [1.82, 2.24) is 5.32 Å². The van der Waals surface area contributed by atoms with Gasteiger partial charge >= 0.3 is 0 Å². The molecule has 1 aliphatic heterocycles. The maximum absolute atomic E-state index is 13.4. The number of benzene rings is 2. The van der Waals surface area contributed by atoms with Crippen molar-refractivity contribution >= 4 is 9.84 Å². The molecule has 0 amide bonds. The molecule has 0 aromatic heterocycles. The van der Waals surface area contributed by atoms with Gasteiger partial charge < -0.3 is 15.2 Å². The van der Waals surface area contributed by atoms with Crippen LogP contribution in [0.4, 0.5) is 4.39 Å². The highest BCUT2D eigenvalue weighted by molar-refractivity contribution is 7.91.